The Morgan fingerprint density at radius 2 is 1.93 bits per heavy atom. The Morgan fingerprint density at radius 3 is 2.53 bits per heavy atom. The van der Waals surface area contributed by atoms with Crippen LogP contribution < -0.4 is 4.72 Å². The van der Waals surface area contributed by atoms with E-state index < -0.39 is 10.0 Å². The molecule has 1 saturated carbocycles. The van der Waals surface area contributed by atoms with Crippen molar-refractivity contribution in [3.8, 4) is 6.07 Å². The number of hydrogen-bond donors (Lipinski definition) is 1. The number of nitrogens with one attached hydrogen (secondary N) is 1. The molecule has 1 fully saturated rings. The van der Waals surface area contributed by atoms with Gasteiger partial charge >= 0.3 is 0 Å². The minimum Gasteiger partial charge on any atom is -0.215 e. The topological polar surface area (TPSA) is 70.0 Å². The Labute approximate surface area is 91.7 Å². The highest BCUT2D eigenvalue weighted by atomic mass is 32.2. The van der Waals surface area contributed by atoms with Gasteiger partial charge in [0.1, 0.15) is 0 Å². The normalized spacial score (nSPS) is 18.6. The highest BCUT2D eigenvalue weighted by Crippen LogP contribution is 2.22. The average molecular weight is 230 g/mol. The van der Waals surface area contributed by atoms with Crippen molar-refractivity contribution < 1.29 is 8.42 Å². The summed E-state index contributed by atoms with van der Waals surface area (Å²) in [6.45, 7) is 0.395. The van der Waals surface area contributed by atoms with Crippen molar-refractivity contribution in [3.63, 3.8) is 0 Å². The second kappa shape index (κ2) is 6.09. The summed E-state index contributed by atoms with van der Waals surface area (Å²) in [5.41, 5.74) is 0. The summed E-state index contributed by atoms with van der Waals surface area (Å²) in [6.07, 6.45) is 5.77. The van der Waals surface area contributed by atoms with Crippen molar-refractivity contribution in [2.45, 2.75) is 50.2 Å². The van der Waals surface area contributed by atoms with E-state index in [2.05, 4.69) is 4.72 Å². The minimum absolute atomic E-state index is 0.201. The van der Waals surface area contributed by atoms with Gasteiger partial charge < -0.3 is 0 Å². The van der Waals surface area contributed by atoms with Gasteiger partial charge in [-0.25, -0.2) is 13.1 Å². The van der Waals surface area contributed by atoms with Gasteiger partial charge in [-0.15, -0.1) is 0 Å². The zero-order valence-electron chi connectivity index (χ0n) is 8.91. The van der Waals surface area contributed by atoms with E-state index in [0.29, 0.717) is 19.4 Å². The maximum absolute atomic E-state index is 11.8. The zero-order valence-corrected chi connectivity index (χ0v) is 9.72. The fraction of sp³-hybridized carbons (Fsp3) is 0.900. The molecule has 0 radical (unpaired) electrons. The molecule has 0 bridgehead atoms. The highest BCUT2D eigenvalue weighted by molar-refractivity contribution is 7.90. The van der Waals surface area contributed by atoms with Gasteiger partial charge in [0, 0.05) is 13.0 Å². The van der Waals surface area contributed by atoms with Crippen molar-refractivity contribution >= 4 is 10.0 Å². The molecule has 0 spiro atoms. The monoisotopic (exact) mass is 230 g/mol. The fourth-order valence-corrected chi connectivity index (χ4v) is 3.49. The minimum atomic E-state index is -3.12. The van der Waals surface area contributed by atoms with E-state index in [9.17, 15) is 8.42 Å². The van der Waals surface area contributed by atoms with Crippen LogP contribution in [0.25, 0.3) is 0 Å². The quantitative estimate of drug-likeness (QED) is 0.728. The molecule has 1 N–H and O–H groups in total. The van der Waals surface area contributed by atoms with Crippen LogP contribution in [-0.4, -0.2) is 20.2 Å². The lowest BCUT2D eigenvalue weighted by molar-refractivity contribution is 0.477. The predicted molar refractivity (Wildman–Crippen MR) is 58.6 cm³/mol. The highest BCUT2D eigenvalue weighted by Gasteiger charge is 2.26. The molecule has 4 nitrogen and oxygen atoms in total. The van der Waals surface area contributed by atoms with Crippen LogP contribution in [0.1, 0.15) is 44.9 Å². The average Bonchev–Trinajstić information content (AvgIpc) is 2.26. The molecule has 86 valence electrons. The van der Waals surface area contributed by atoms with E-state index in [-0.39, 0.29) is 5.25 Å². The van der Waals surface area contributed by atoms with Crippen LogP contribution in [0, 0.1) is 11.3 Å². The van der Waals surface area contributed by atoms with Gasteiger partial charge in [0.2, 0.25) is 10.0 Å². The lowest BCUT2D eigenvalue weighted by atomic mass is 10.0. The second-order valence-electron chi connectivity index (χ2n) is 3.96. The third-order valence-electron chi connectivity index (χ3n) is 2.76. The lowest BCUT2D eigenvalue weighted by Gasteiger charge is -2.21. The first kappa shape index (κ1) is 12.5. The molecule has 0 heterocycles. The van der Waals surface area contributed by atoms with Crippen LogP contribution >= 0.6 is 0 Å². The molecule has 1 rings (SSSR count). The summed E-state index contributed by atoms with van der Waals surface area (Å²) >= 11 is 0. The number of rotatable bonds is 5. The Balaban J connectivity index is 2.34. The van der Waals surface area contributed by atoms with Crippen molar-refractivity contribution in [2.75, 3.05) is 6.54 Å². The van der Waals surface area contributed by atoms with Crippen molar-refractivity contribution in [2.24, 2.45) is 0 Å². The molecule has 1 aliphatic carbocycles. The van der Waals surface area contributed by atoms with Crippen molar-refractivity contribution in [1.82, 2.24) is 4.72 Å². The molecule has 0 aromatic carbocycles. The third-order valence-corrected chi connectivity index (χ3v) is 4.72. The molecule has 0 unspecified atom stereocenters. The van der Waals surface area contributed by atoms with Crippen LogP contribution in [0.2, 0.25) is 0 Å². The maximum Gasteiger partial charge on any atom is 0.214 e. The van der Waals surface area contributed by atoms with E-state index in [0.717, 1.165) is 32.1 Å². The van der Waals surface area contributed by atoms with Crippen molar-refractivity contribution in [3.05, 3.63) is 0 Å². The molecule has 1 aliphatic rings. The Kier molecular flexibility index (Phi) is 5.06. The van der Waals surface area contributed by atoms with Crippen LogP contribution in [0.5, 0.6) is 0 Å². The number of sulfonamides is 1. The summed E-state index contributed by atoms with van der Waals surface area (Å²) in [6, 6.07) is 2.00. The summed E-state index contributed by atoms with van der Waals surface area (Å²) in [7, 11) is -3.12. The summed E-state index contributed by atoms with van der Waals surface area (Å²) in [5.74, 6) is 0. The molecular weight excluding hydrogens is 212 g/mol. The standard InChI is InChI=1S/C10H18N2O2S/c11-8-4-5-9-12-15(13,14)10-6-2-1-3-7-10/h10,12H,1-7,9H2. The largest absolute Gasteiger partial charge is 0.215 e. The second-order valence-corrected chi connectivity index (χ2v) is 6.01. The van der Waals surface area contributed by atoms with E-state index in [1.807, 2.05) is 6.07 Å². The number of unbranched alkanes of at least 4 members (excludes halogenated alkanes) is 1. The van der Waals surface area contributed by atoms with Crippen LogP contribution in [0.4, 0.5) is 0 Å². The van der Waals surface area contributed by atoms with E-state index in [1.165, 1.54) is 0 Å². The first-order chi connectivity index (χ1) is 7.17. The molecule has 0 aliphatic heterocycles. The molecule has 0 saturated heterocycles. The number of nitrogens with zero attached hydrogens (tertiary/aromatic N) is 1. The molecule has 5 heteroatoms. The maximum atomic E-state index is 11.8. The van der Waals surface area contributed by atoms with E-state index in [4.69, 9.17) is 5.26 Å². The van der Waals surface area contributed by atoms with Gasteiger partial charge in [-0.05, 0) is 19.3 Å². The molecule has 0 aromatic rings. The molecule has 0 amide bonds. The molecule has 0 aromatic heterocycles. The van der Waals surface area contributed by atoms with E-state index >= 15 is 0 Å². The zero-order chi connectivity index (χ0) is 11.1. The first-order valence-corrected chi connectivity index (χ1v) is 7.07. The first-order valence-electron chi connectivity index (χ1n) is 5.52. The number of hydrogen-bond acceptors (Lipinski definition) is 3. The smallest absolute Gasteiger partial charge is 0.214 e. The van der Waals surface area contributed by atoms with Gasteiger partial charge in [-0.3, -0.25) is 0 Å². The van der Waals surface area contributed by atoms with E-state index in [1.54, 1.807) is 0 Å². The van der Waals surface area contributed by atoms with Gasteiger partial charge in [-0.1, -0.05) is 19.3 Å². The predicted octanol–water partition coefficient (Wildman–Crippen LogP) is 1.54. The van der Waals surface area contributed by atoms with Crippen molar-refractivity contribution in [1.29, 1.82) is 5.26 Å². The SMILES string of the molecule is N#CCCCNS(=O)(=O)C1CCCCC1. The summed E-state index contributed by atoms with van der Waals surface area (Å²) < 4.78 is 26.1. The van der Waals surface area contributed by atoms with Gasteiger partial charge in [-0.2, -0.15) is 5.26 Å². The van der Waals surface area contributed by atoms with Gasteiger partial charge in [0.05, 0.1) is 11.3 Å². The Bertz CT molecular complexity index is 313. The Hall–Kier alpha value is -0.600. The summed E-state index contributed by atoms with van der Waals surface area (Å²) in [5, 5.41) is 8.12. The Morgan fingerprint density at radius 1 is 1.27 bits per heavy atom. The molecular formula is C10H18N2O2S. The van der Waals surface area contributed by atoms with Crippen LogP contribution in [0.15, 0.2) is 0 Å². The van der Waals surface area contributed by atoms with Crippen LogP contribution in [0.3, 0.4) is 0 Å². The van der Waals surface area contributed by atoms with Crippen LogP contribution in [-0.2, 0) is 10.0 Å². The lowest BCUT2D eigenvalue weighted by Crippen LogP contribution is -2.36. The molecule has 15 heavy (non-hydrogen) atoms. The molecule has 0 atom stereocenters. The van der Waals surface area contributed by atoms with Gasteiger partial charge in [0.25, 0.3) is 0 Å². The number of nitriles is 1. The fourth-order valence-electron chi connectivity index (χ4n) is 1.88. The third kappa shape index (κ3) is 4.18. The van der Waals surface area contributed by atoms with Gasteiger partial charge in [0.15, 0.2) is 0 Å². The summed E-state index contributed by atoms with van der Waals surface area (Å²) in [4.78, 5) is 0.